The van der Waals surface area contributed by atoms with Crippen molar-refractivity contribution in [2.45, 2.75) is 121 Å². The van der Waals surface area contributed by atoms with Gasteiger partial charge in [-0.05, 0) is 58.1 Å². The number of carbonyl (C=O) groups excluding carboxylic acids is 2. The summed E-state index contributed by atoms with van der Waals surface area (Å²) in [5.41, 5.74) is 0.484. The Morgan fingerprint density at radius 1 is 1.11 bits per heavy atom. The highest BCUT2D eigenvalue weighted by atomic mass is 16.6. The highest BCUT2D eigenvalue weighted by Crippen LogP contribution is 2.28. The SMILES string of the molecule is C/C(=C\C=C\[C@@H](C)c1cccc[nH+]1)[C@H]1OC(=O)C[C@H](O)CC[C@@](C)(O)[C@@H](OC(=O)N2CCN(C3CCCCCC3)CC2)/C=C/[C@@H]1C. The molecule has 2 fully saturated rings. The first kappa shape index (κ1) is 35.8. The zero-order valence-electron chi connectivity index (χ0n) is 28.3. The van der Waals surface area contributed by atoms with E-state index in [-0.39, 0.29) is 31.1 Å². The number of carbonyl (C=O) groups is 2. The van der Waals surface area contributed by atoms with Crippen molar-refractivity contribution in [3.05, 3.63) is 66.0 Å². The number of cyclic esters (lactones) is 1. The first-order chi connectivity index (χ1) is 22.0. The van der Waals surface area contributed by atoms with Crippen LogP contribution in [0.1, 0.15) is 97.1 Å². The van der Waals surface area contributed by atoms with Crippen LogP contribution in [0.5, 0.6) is 0 Å². The van der Waals surface area contributed by atoms with Gasteiger partial charge in [0.2, 0.25) is 0 Å². The second-order valence-electron chi connectivity index (χ2n) is 13.8. The lowest BCUT2D eigenvalue weighted by atomic mass is 9.88. The summed E-state index contributed by atoms with van der Waals surface area (Å²) in [6.45, 7) is 10.4. The van der Waals surface area contributed by atoms with E-state index in [1.165, 1.54) is 38.5 Å². The highest BCUT2D eigenvalue weighted by molar-refractivity contribution is 5.70. The zero-order valence-corrected chi connectivity index (χ0v) is 28.3. The number of piperazine rings is 1. The second kappa shape index (κ2) is 17.2. The number of aliphatic hydroxyl groups excluding tert-OH is 1. The van der Waals surface area contributed by atoms with Gasteiger partial charge in [-0.15, -0.1) is 0 Å². The summed E-state index contributed by atoms with van der Waals surface area (Å²) in [6, 6.07) is 6.57. The molecule has 1 aromatic rings. The molecule has 0 unspecified atom stereocenters. The van der Waals surface area contributed by atoms with Crippen molar-refractivity contribution in [2.24, 2.45) is 5.92 Å². The van der Waals surface area contributed by atoms with E-state index in [1.807, 2.05) is 56.5 Å². The molecule has 0 spiro atoms. The van der Waals surface area contributed by atoms with Crippen LogP contribution >= 0.6 is 0 Å². The lowest BCUT2D eigenvalue weighted by Crippen LogP contribution is -2.53. The summed E-state index contributed by atoms with van der Waals surface area (Å²) in [4.78, 5) is 33.8. The quantitative estimate of drug-likeness (QED) is 0.187. The smallest absolute Gasteiger partial charge is 0.410 e. The number of nitrogens with zero attached hydrogens (tertiary/aromatic N) is 2. The fourth-order valence-corrected chi connectivity index (χ4v) is 6.79. The van der Waals surface area contributed by atoms with Crippen LogP contribution in [0.2, 0.25) is 0 Å². The Hall–Kier alpha value is -3.01. The predicted molar refractivity (Wildman–Crippen MR) is 178 cm³/mol. The van der Waals surface area contributed by atoms with E-state index >= 15 is 0 Å². The fourth-order valence-electron chi connectivity index (χ4n) is 6.79. The molecule has 1 saturated carbocycles. The Morgan fingerprint density at radius 3 is 2.50 bits per heavy atom. The number of nitrogens with one attached hydrogen (secondary N) is 1. The molecule has 4 rings (SSSR count). The van der Waals surface area contributed by atoms with Crippen LogP contribution in [0, 0.1) is 5.92 Å². The highest BCUT2D eigenvalue weighted by Gasteiger charge is 2.37. The maximum absolute atomic E-state index is 13.4. The second-order valence-corrected chi connectivity index (χ2v) is 13.8. The number of amides is 1. The molecule has 3 aliphatic rings. The lowest BCUT2D eigenvalue weighted by molar-refractivity contribution is -0.391. The topological polar surface area (TPSA) is 114 Å². The largest absolute Gasteiger partial charge is 0.457 e. The van der Waals surface area contributed by atoms with Crippen molar-refractivity contribution in [2.75, 3.05) is 26.2 Å². The van der Waals surface area contributed by atoms with Gasteiger partial charge < -0.3 is 24.6 Å². The first-order valence-corrected chi connectivity index (χ1v) is 17.3. The van der Waals surface area contributed by atoms with Gasteiger partial charge in [-0.2, -0.15) is 0 Å². The average molecular weight is 639 g/mol. The zero-order chi connectivity index (χ0) is 33.1. The number of allylic oxidation sites excluding steroid dienone is 3. The molecule has 1 amide bonds. The molecule has 1 saturated heterocycles. The average Bonchev–Trinajstić information content (AvgIpc) is 3.34. The van der Waals surface area contributed by atoms with Crippen LogP contribution in [0.4, 0.5) is 4.79 Å². The van der Waals surface area contributed by atoms with Gasteiger partial charge in [0.25, 0.3) is 0 Å². The number of hydrogen-bond donors (Lipinski definition) is 2. The van der Waals surface area contributed by atoms with Crippen LogP contribution < -0.4 is 4.98 Å². The van der Waals surface area contributed by atoms with E-state index in [1.54, 1.807) is 17.9 Å². The van der Waals surface area contributed by atoms with Crippen LogP contribution in [0.15, 0.2) is 60.3 Å². The van der Waals surface area contributed by atoms with Crippen LogP contribution in [-0.2, 0) is 14.3 Å². The van der Waals surface area contributed by atoms with Gasteiger partial charge >= 0.3 is 12.1 Å². The summed E-state index contributed by atoms with van der Waals surface area (Å²) < 4.78 is 11.9. The predicted octanol–water partition coefficient (Wildman–Crippen LogP) is 5.35. The van der Waals surface area contributed by atoms with E-state index in [0.717, 1.165) is 24.4 Å². The molecule has 3 heterocycles. The molecule has 46 heavy (non-hydrogen) atoms. The van der Waals surface area contributed by atoms with Crippen molar-refractivity contribution >= 4 is 12.1 Å². The molecule has 9 nitrogen and oxygen atoms in total. The Labute approximate surface area is 275 Å². The van der Waals surface area contributed by atoms with Gasteiger partial charge in [0, 0.05) is 50.3 Å². The summed E-state index contributed by atoms with van der Waals surface area (Å²) in [7, 11) is 0. The van der Waals surface area contributed by atoms with Crippen molar-refractivity contribution in [1.82, 2.24) is 9.80 Å². The standard InChI is InChI=1S/C37H55N3O6/c1-27(32-16-9-10-21-38-32)12-11-13-28(2)35-29(3)17-18-33(37(4,44)20-19-31(41)26-34(42)46-35)45-36(43)40-24-22-39(23-25-40)30-14-7-5-6-8-15-30/h9-13,16-18,21,27,29-31,33,35,41,44H,5-8,14-15,19-20,22-26H2,1-4H3/p+1/b12-11+,18-17+,28-13+/t27-,29+,31-,33+,35-,37-/m1/s1. The Balaban J connectivity index is 1.45. The van der Waals surface area contributed by atoms with Gasteiger partial charge in [0.1, 0.15) is 11.7 Å². The molecule has 0 radical (unpaired) electrons. The third-order valence-electron chi connectivity index (χ3n) is 9.90. The Kier molecular flexibility index (Phi) is 13.4. The fraction of sp³-hybridized carbons (Fsp3) is 0.649. The number of pyridine rings is 1. The minimum absolute atomic E-state index is 0.151. The van der Waals surface area contributed by atoms with Crippen molar-refractivity contribution < 1.29 is 34.3 Å². The summed E-state index contributed by atoms with van der Waals surface area (Å²) in [6.07, 6.45) is 16.3. The van der Waals surface area contributed by atoms with E-state index in [4.69, 9.17) is 9.47 Å². The number of aromatic nitrogens is 1. The number of ether oxygens (including phenoxy) is 2. The third-order valence-corrected chi connectivity index (χ3v) is 9.90. The molecule has 254 valence electrons. The first-order valence-electron chi connectivity index (χ1n) is 17.3. The molecule has 1 aromatic heterocycles. The minimum Gasteiger partial charge on any atom is -0.457 e. The van der Waals surface area contributed by atoms with Crippen LogP contribution in [-0.4, -0.2) is 88.2 Å². The molecule has 0 aromatic carbocycles. The summed E-state index contributed by atoms with van der Waals surface area (Å²) in [5, 5.41) is 22.1. The van der Waals surface area contributed by atoms with E-state index in [0.29, 0.717) is 19.1 Å². The Morgan fingerprint density at radius 2 is 1.83 bits per heavy atom. The maximum Gasteiger partial charge on any atom is 0.410 e. The van der Waals surface area contributed by atoms with Crippen molar-refractivity contribution in [3.63, 3.8) is 0 Å². The molecule has 9 heteroatoms. The van der Waals surface area contributed by atoms with E-state index in [9.17, 15) is 19.8 Å². The maximum atomic E-state index is 13.4. The molecule has 0 bridgehead atoms. The normalized spacial score (nSPS) is 31.3. The number of aliphatic hydroxyl groups is 2. The van der Waals surface area contributed by atoms with Crippen molar-refractivity contribution in [1.29, 1.82) is 0 Å². The van der Waals surface area contributed by atoms with Crippen molar-refractivity contribution in [3.8, 4) is 0 Å². The number of aromatic amines is 1. The summed E-state index contributed by atoms with van der Waals surface area (Å²) >= 11 is 0. The molecular formula is C37H56N3O6+. The lowest BCUT2D eigenvalue weighted by Gasteiger charge is -2.40. The van der Waals surface area contributed by atoms with Crippen LogP contribution in [0.25, 0.3) is 0 Å². The van der Waals surface area contributed by atoms with E-state index in [2.05, 4.69) is 22.9 Å². The minimum atomic E-state index is -1.44. The van der Waals surface area contributed by atoms with Gasteiger partial charge in [0.05, 0.1) is 18.4 Å². The molecule has 3 N–H and O–H groups in total. The number of esters is 1. The number of H-pyrrole nitrogens is 1. The third kappa shape index (κ3) is 10.5. The molecule has 2 aliphatic heterocycles. The summed E-state index contributed by atoms with van der Waals surface area (Å²) in [5.74, 6) is -0.618. The van der Waals surface area contributed by atoms with Gasteiger partial charge in [-0.3, -0.25) is 9.69 Å². The monoisotopic (exact) mass is 638 g/mol. The van der Waals surface area contributed by atoms with Gasteiger partial charge in [-0.25, -0.2) is 9.78 Å². The molecule has 1 aliphatic carbocycles. The van der Waals surface area contributed by atoms with Gasteiger partial charge in [0.15, 0.2) is 18.0 Å². The van der Waals surface area contributed by atoms with E-state index < -0.39 is 36.0 Å². The Bertz CT molecular complexity index is 1200. The number of rotatable bonds is 6. The molecular weight excluding hydrogens is 582 g/mol. The van der Waals surface area contributed by atoms with Crippen LogP contribution in [0.3, 0.4) is 0 Å². The number of hydrogen-bond acceptors (Lipinski definition) is 7. The molecule has 6 atom stereocenters. The van der Waals surface area contributed by atoms with Gasteiger partial charge in [-0.1, -0.05) is 63.0 Å².